The van der Waals surface area contributed by atoms with E-state index in [2.05, 4.69) is 12.2 Å². The normalized spacial score (nSPS) is 9.94. The van der Waals surface area contributed by atoms with Gasteiger partial charge in [-0.05, 0) is 24.1 Å². The van der Waals surface area contributed by atoms with E-state index >= 15 is 0 Å². The lowest BCUT2D eigenvalue weighted by molar-refractivity contribution is -0.113. The summed E-state index contributed by atoms with van der Waals surface area (Å²) in [5.74, 6) is 0.875. The first-order valence-corrected chi connectivity index (χ1v) is 6.93. The van der Waals surface area contributed by atoms with Gasteiger partial charge in [0.1, 0.15) is 0 Å². The molecular formula is C12H16N2OS2. The molecular weight excluding hydrogens is 252 g/mol. The summed E-state index contributed by atoms with van der Waals surface area (Å²) in [5, 5.41) is 2.82. The molecule has 1 aromatic rings. The van der Waals surface area contributed by atoms with Gasteiger partial charge in [0.2, 0.25) is 5.91 Å². The van der Waals surface area contributed by atoms with E-state index in [9.17, 15) is 4.79 Å². The van der Waals surface area contributed by atoms with E-state index in [1.54, 1.807) is 0 Å². The molecule has 0 bridgehead atoms. The second-order valence-electron chi connectivity index (χ2n) is 3.56. The van der Waals surface area contributed by atoms with Crippen LogP contribution in [0.1, 0.15) is 12.5 Å². The highest BCUT2D eigenvalue weighted by molar-refractivity contribution is 8.01. The van der Waals surface area contributed by atoms with Gasteiger partial charge in [0.15, 0.2) is 0 Å². The fourth-order valence-corrected chi connectivity index (χ4v) is 2.08. The summed E-state index contributed by atoms with van der Waals surface area (Å²) in [6.45, 7) is 2.10. The van der Waals surface area contributed by atoms with Gasteiger partial charge in [-0.15, -0.1) is 11.8 Å². The third-order valence-electron chi connectivity index (χ3n) is 2.12. The van der Waals surface area contributed by atoms with Crippen molar-refractivity contribution in [2.45, 2.75) is 13.3 Å². The highest BCUT2D eigenvalue weighted by atomic mass is 32.2. The van der Waals surface area contributed by atoms with E-state index in [0.29, 0.717) is 16.5 Å². The maximum Gasteiger partial charge on any atom is 0.234 e. The van der Waals surface area contributed by atoms with Crippen molar-refractivity contribution in [3.63, 3.8) is 0 Å². The summed E-state index contributed by atoms with van der Waals surface area (Å²) >= 11 is 6.15. The molecule has 0 radical (unpaired) electrons. The summed E-state index contributed by atoms with van der Waals surface area (Å²) in [7, 11) is 0. The Balaban J connectivity index is 2.37. The van der Waals surface area contributed by atoms with Crippen LogP contribution in [0.3, 0.4) is 0 Å². The van der Waals surface area contributed by atoms with Crippen LogP contribution in [0, 0.1) is 0 Å². The predicted molar refractivity (Wildman–Crippen MR) is 78.6 cm³/mol. The molecule has 0 aliphatic rings. The summed E-state index contributed by atoms with van der Waals surface area (Å²) in [5.41, 5.74) is 7.42. The van der Waals surface area contributed by atoms with E-state index in [1.165, 1.54) is 17.3 Å². The number of nitrogens with one attached hydrogen (secondary N) is 1. The molecule has 0 heterocycles. The Labute approximate surface area is 111 Å². The Bertz CT molecular complexity index is 390. The Kier molecular flexibility index (Phi) is 6.00. The molecule has 1 amide bonds. The van der Waals surface area contributed by atoms with Crippen LogP contribution in [-0.2, 0) is 11.2 Å². The molecule has 17 heavy (non-hydrogen) atoms. The number of benzene rings is 1. The minimum Gasteiger partial charge on any atom is -0.393 e. The number of aryl methyl sites for hydroxylation is 1. The van der Waals surface area contributed by atoms with Gasteiger partial charge in [0.05, 0.1) is 10.7 Å². The summed E-state index contributed by atoms with van der Waals surface area (Å²) in [6.07, 6.45) is 0.998. The number of rotatable bonds is 6. The number of thiocarbonyl (C=S) groups is 1. The predicted octanol–water partition coefficient (Wildman–Crippen LogP) is 2.21. The first kappa shape index (κ1) is 14.0. The number of hydrogen-bond acceptors (Lipinski definition) is 3. The molecule has 1 aromatic carbocycles. The summed E-state index contributed by atoms with van der Waals surface area (Å²) < 4.78 is 0. The van der Waals surface area contributed by atoms with Crippen molar-refractivity contribution in [1.29, 1.82) is 0 Å². The van der Waals surface area contributed by atoms with Crippen LogP contribution in [0.15, 0.2) is 24.3 Å². The van der Waals surface area contributed by atoms with Crippen molar-refractivity contribution in [2.75, 3.05) is 16.8 Å². The first-order valence-electron chi connectivity index (χ1n) is 5.36. The molecule has 0 spiro atoms. The average molecular weight is 268 g/mol. The molecule has 0 aliphatic heterocycles. The van der Waals surface area contributed by atoms with Crippen LogP contribution in [0.2, 0.25) is 0 Å². The van der Waals surface area contributed by atoms with E-state index in [0.717, 1.165) is 12.1 Å². The largest absolute Gasteiger partial charge is 0.393 e. The maximum absolute atomic E-state index is 11.5. The lowest BCUT2D eigenvalue weighted by Gasteiger charge is -2.05. The Hall–Kier alpha value is -1.07. The van der Waals surface area contributed by atoms with Crippen molar-refractivity contribution in [3.8, 4) is 0 Å². The summed E-state index contributed by atoms with van der Waals surface area (Å²) in [4.78, 5) is 12.0. The average Bonchev–Trinajstić information content (AvgIpc) is 2.29. The number of nitrogens with two attached hydrogens (primary N) is 1. The van der Waals surface area contributed by atoms with Crippen LogP contribution >= 0.6 is 24.0 Å². The topological polar surface area (TPSA) is 55.1 Å². The second kappa shape index (κ2) is 7.29. The highest BCUT2D eigenvalue weighted by Crippen LogP contribution is 2.10. The van der Waals surface area contributed by atoms with Gasteiger partial charge in [-0.1, -0.05) is 31.3 Å². The zero-order valence-corrected chi connectivity index (χ0v) is 11.4. The Morgan fingerprint density at radius 2 is 2.00 bits per heavy atom. The first-order chi connectivity index (χ1) is 8.11. The smallest absolute Gasteiger partial charge is 0.234 e. The van der Waals surface area contributed by atoms with E-state index in [1.807, 2.05) is 24.3 Å². The molecule has 0 atom stereocenters. The molecule has 0 aromatic heterocycles. The molecule has 5 heteroatoms. The number of anilines is 1. The highest BCUT2D eigenvalue weighted by Gasteiger charge is 2.02. The lowest BCUT2D eigenvalue weighted by Crippen LogP contribution is -2.17. The summed E-state index contributed by atoms with van der Waals surface area (Å²) in [6, 6.07) is 7.85. The minimum absolute atomic E-state index is 0.0319. The fraction of sp³-hybridized carbons (Fsp3) is 0.333. The number of carbonyl (C=O) groups is 1. The zero-order chi connectivity index (χ0) is 12.7. The number of carbonyl (C=O) groups excluding carboxylic acids is 1. The number of thioether (sulfide) groups is 1. The molecule has 3 N–H and O–H groups in total. The quantitative estimate of drug-likeness (QED) is 0.777. The van der Waals surface area contributed by atoms with Crippen molar-refractivity contribution >= 4 is 40.6 Å². The van der Waals surface area contributed by atoms with Crippen LogP contribution in [-0.4, -0.2) is 22.4 Å². The molecule has 0 saturated heterocycles. The second-order valence-corrected chi connectivity index (χ2v) is 5.07. The fourth-order valence-electron chi connectivity index (χ4n) is 1.27. The molecule has 3 nitrogen and oxygen atoms in total. The van der Waals surface area contributed by atoms with Gasteiger partial charge in [0.25, 0.3) is 0 Å². The molecule has 0 unspecified atom stereocenters. The third-order valence-corrected chi connectivity index (χ3v) is 3.43. The lowest BCUT2D eigenvalue weighted by atomic mass is 10.1. The van der Waals surface area contributed by atoms with Gasteiger partial charge in [-0.25, -0.2) is 0 Å². The molecule has 0 aliphatic carbocycles. The third kappa shape index (κ3) is 5.70. The van der Waals surface area contributed by atoms with Gasteiger partial charge < -0.3 is 11.1 Å². The molecule has 92 valence electrons. The zero-order valence-electron chi connectivity index (χ0n) is 9.73. The van der Waals surface area contributed by atoms with Crippen molar-refractivity contribution in [2.24, 2.45) is 5.73 Å². The van der Waals surface area contributed by atoms with Crippen LogP contribution in [0.4, 0.5) is 5.69 Å². The molecule has 0 fully saturated rings. The standard InChI is InChI=1S/C12H16N2OS2/c1-2-9-3-5-10(6-4-9)14-12(15)8-17-7-11(13)16/h3-6H,2,7-8H2,1H3,(H2,13,16)(H,14,15). The van der Waals surface area contributed by atoms with Crippen LogP contribution in [0.5, 0.6) is 0 Å². The number of amides is 1. The van der Waals surface area contributed by atoms with Gasteiger partial charge in [-0.2, -0.15) is 0 Å². The maximum atomic E-state index is 11.5. The Morgan fingerprint density at radius 1 is 1.35 bits per heavy atom. The monoisotopic (exact) mass is 268 g/mol. The van der Waals surface area contributed by atoms with Gasteiger partial charge in [-0.3, -0.25) is 4.79 Å². The van der Waals surface area contributed by atoms with Crippen molar-refractivity contribution in [1.82, 2.24) is 0 Å². The molecule has 1 rings (SSSR count). The SMILES string of the molecule is CCc1ccc(NC(=O)CSCC(N)=S)cc1. The Morgan fingerprint density at radius 3 is 2.53 bits per heavy atom. The van der Waals surface area contributed by atoms with Gasteiger partial charge in [0, 0.05) is 11.4 Å². The van der Waals surface area contributed by atoms with E-state index < -0.39 is 0 Å². The van der Waals surface area contributed by atoms with E-state index in [-0.39, 0.29) is 5.91 Å². The van der Waals surface area contributed by atoms with E-state index in [4.69, 9.17) is 18.0 Å². The van der Waals surface area contributed by atoms with Crippen LogP contribution in [0.25, 0.3) is 0 Å². The number of hydrogen-bond donors (Lipinski definition) is 2. The molecule has 0 saturated carbocycles. The van der Waals surface area contributed by atoms with Crippen molar-refractivity contribution < 1.29 is 4.79 Å². The van der Waals surface area contributed by atoms with Gasteiger partial charge >= 0.3 is 0 Å². The van der Waals surface area contributed by atoms with Crippen LogP contribution < -0.4 is 11.1 Å². The van der Waals surface area contributed by atoms with Crippen molar-refractivity contribution in [3.05, 3.63) is 29.8 Å². The minimum atomic E-state index is -0.0319.